The molecule has 0 saturated heterocycles. The maximum atomic E-state index is 13.3. The van der Waals surface area contributed by atoms with E-state index in [4.69, 9.17) is 44.4 Å². The van der Waals surface area contributed by atoms with Gasteiger partial charge < -0.3 is 42.1 Å². The molecule has 0 saturated carbocycles. The van der Waals surface area contributed by atoms with Gasteiger partial charge in [0.05, 0.1) is 40.2 Å². The van der Waals surface area contributed by atoms with Gasteiger partial charge in [-0.25, -0.2) is 54.7 Å². The Morgan fingerprint density at radius 2 is 0.660 bits per heavy atom. The van der Waals surface area contributed by atoms with Gasteiger partial charge in [0, 0.05) is 53.3 Å². The van der Waals surface area contributed by atoms with Crippen LogP contribution in [-0.2, 0) is 30.1 Å². The summed E-state index contributed by atoms with van der Waals surface area (Å²) < 4.78 is 118. The van der Waals surface area contributed by atoms with Crippen LogP contribution in [0, 0.1) is 46.5 Å². The van der Waals surface area contributed by atoms with E-state index in [1.54, 1.807) is 30.3 Å². The van der Waals surface area contributed by atoms with Gasteiger partial charge in [0.15, 0.2) is 5.78 Å². The van der Waals surface area contributed by atoms with Gasteiger partial charge in [0.1, 0.15) is 69.2 Å². The standard InChI is InChI=1S/C21H12F2N2O3.C14H8F2O2.C14H10F2O.C8H7FO2.C7H8N2O3.C6H5F.C2H4O2.O2Se/c22-13-5-1-11(2-6-13)19-20(12-3-7-14(23)8-4-12)25-17-10-18(26)15(21(27)28)9-16(17)24-19;15-11-5-1-9(2-6-11)13(17)14(18)10-3-7-12(16)8-4-10;15-12-5-1-10(2-6-12)9-14(17)11-3-7-13(16)8-4-11;9-7-3-1-6(2-4-7)5-8(10)11;8-4-1-3(7(11)12)6(10)2-5(4)9;7-6-4-2-1-3-5-6;1-2(3)4;1-3-2/h1-10,26H,(H,27,28);1-8H;1-8H,9H2;1-4H,5H2,(H,10,11);1-2,10H,8-9H2,(H,11,12);1-5H;1H3,(H,3,4);. The number of anilines is 2. The number of aliphatic carboxylic acids is 2. The summed E-state index contributed by atoms with van der Waals surface area (Å²) in [5.74, 6) is -9.73. The Labute approximate surface area is 568 Å². The number of halogens is 8. The number of benzene rings is 10. The zero-order chi connectivity index (χ0) is 74.2. The third kappa shape index (κ3) is 27.1. The number of aromatic carboxylic acids is 2. The molecule has 0 aliphatic heterocycles. The number of Topliss-reactive ketones (excluding diaryl/α,β-unsaturated/α-hetero) is 3. The number of rotatable bonds is 12. The van der Waals surface area contributed by atoms with Crippen molar-refractivity contribution in [1.82, 2.24) is 9.97 Å². The molecule has 0 atom stereocenters. The minimum absolute atomic E-state index is 0.0553. The first-order chi connectivity index (χ1) is 47.4. The van der Waals surface area contributed by atoms with Crippen molar-refractivity contribution in [3.05, 3.63) is 310 Å². The number of hydrogen-bond acceptors (Lipinski definition) is 15. The Bertz CT molecular complexity index is 4580. The Balaban J connectivity index is 0.000000261. The number of aromatic hydroxyl groups is 2. The van der Waals surface area contributed by atoms with Gasteiger partial charge >= 0.3 is 40.4 Å². The second-order valence-corrected chi connectivity index (χ2v) is 20.2. The molecule has 10 aromatic carbocycles. The van der Waals surface area contributed by atoms with Gasteiger partial charge in [-0.05, 0) is 181 Å². The Morgan fingerprint density at radius 3 is 0.990 bits per heavy atom. The second kappa shape index (κ2) is 39.9. The van der Waals surface area contributed by atoms with Gasteiger partial charge in [-0.15, -0.1) is 0 Å². The molecule has 10 N–H and O–H groups in total. The molecule has 0 fully saturated rings. The number of phenols is 2. The number of nitrogens with two attached hydrogens (primary N) is 2. The van der Waals surface area contributed by atoms with E-state index < -0.39 is 79.3 Å². The molecule has 100 heavy (non-hydrogen) atoms. The van der Waals surface area contributed by atoms with Gasteiger partial charge in [-0.1, -0.05) is 42.5 Å². The monoisotopic (exact) mass is 1450 g/mol. The number of nitrogens with zero attached hydrogens (tertiary/aromatic N) is 2. The summed E-state index contributed by atoms with van der Waals surface area (Å²) >= 11 is -1.62. The first kappa shape index (κ1) is 79.6. The molecule has 1 aromatic heterocycles. The molecular formula is C72H54F8N4O15Se. The molecule has 11 rings (SSSR count). The summed E-state index contributed by atoms with van der Waals surface area (Å²) in [6, 6.07) is 49.7. The average molecular weight is 1450 g/mol. The molecule has 28 heteroatoms. The molecule has 1 heterocycles. The summed E-state index contributed by atoms with van der Waals surface area (Å²) in [6.45, 7) is 1.08. The van der Waals surface area contributed by atoms with Crippen LogP contribution in [0.15, 0.2) is 224 Å². The van der Waals surface area contributed by atoms with Crippen molar-refractivity contribution in [3.8, 4) is 34.0 Å². The fourth-order valence-corrected chi connectivity index (χ4v) is 7.86. The first-order valence-electron chi connectivity index (χ1n) is 28.2. The van der Waals surface area contributed by atoms with E-state index in [0.717, 1.165) is 48.9 Å². The fourth-order valence-electron chi connectivity index (χ4n) is 7.86. The second-order valence-electron chi connectivity index (χ2n) is 19.9. The number of aromatic nitrogens is 2. The van der Waals surface area contributed by atoms with E-state index in [1.807, 2.05) is 0 Å². The topological polar surface area (TPSA) is 353 Å². The van der Waals surface area contributed by atoms with Crippen molar-refractivity contribution < 1.29 is 107 Å². The SMILES string of the molecule is CC(=O)O.Fc1ccccc1.Nc1cc(O)c(C(=O)O)cc1N.O=C(C(=O)c1ccc(F)cc1)c1ccc(F)cc1.O=C(Cc1ccc(F)cc1)c1ccc(F)cc1.O=C(O)Cc1ccc(F)cc1.O=C(O)c1cc2nc(-c3ccc(F)cc3)c(-c3ccc(F)cc3)nc2cc1O.O=[Se]=O. The number of carbonyl (C=O) groups is 7. The number of nitrogen functional groups attached to an aromatic ring is 2. The van der Waals surface area contributed by atoms with Crippen molar-refractivity contribution in [3.63, 3.8) is 0 Å². The van der Waals surface area contributed by atoms with Crippen molar-refractivity contribution >= 4 is 78.5 Å². The van der Waals surface area contributed by atoms with Crippen LogP contribution in [0.5, 0.6) is 11.5 Å². The Kier molecular flexibility index (Phi) is 31.8. The summed E-state index contributed by atoms with van der Waals surface area (Å²) in [4.78, 5) is 85.2. The number of ketones is 3. The number of hydrogen-bond donors (Lipinski definition) is 8. The van der Waals surface area contributed by atoms with E-state index in [-0.39, 0.29) is 92.3 Å². The van der Waals surface area contributed by atoms with Crippen LogP contribution in [0.1, 0.15) is 69.8 Å². The zero-order valence-corrected chi connectivity index (χ0v) is 53.3. The van der Waals surface area contributed by atoms with Gasteiger partial charge in [0.2, 0.25) is 11.6 Å². The van der Waals surface area contributed by atoms with Crippen LogP contribution in [0.2, 0.25) is 0 Å². The average Bonchev–Trinajstić information content (AvgIpc) is 0.770. The normalized spacial score (nSPS) is 9.81. The van der Waals surface area contributed by atoms with E-state index in [0.29, 0.717) is 33.6 Å². The number of carbonyl (C=O) groups excluding carboxylic acids is 3. The quantitative estimate of drug-likeness (QED) is 0.0141. The van der Waals surface area contributed by atoms with E-state index in [9.17, 15) is 74.1 Å². The van der Waals surface area contributed by atoms with Gasteiger partial charge in [-0.2, -0.15) is 0 Å². The van der Waals surface area contributed by atoms with Gasteiger partial charge in [0.25, 0.3) is 5.97 Å². The molecule has 0 radical (unpaired) electrons. The third-order valence-corrected chi connectivity index (χ3v) is 12.5. The van der Waals surface area contributed by atoms with Crippen LogP contribution in [0.3, 0.4) is 0 Å². The molecule has 0 spiro atoms. The van der Waals surface area contributed by atoms with E-state index in [1.165, 1.54) is 158 Å². The molecule has 11 aromatic rings. The molecule has 514 valence electrons. The fraction of sp³-hybridized carbons (Fsp3) is 0.0417. The maximum absolute atomic E-state index is 13.3. The predicted molar refractivity (Wildman–Crippen MR) is 350 cm³/mol. The van der Waals surface area contributed by atoms with Crippen LogP contribution in [0.4, 0.5) is 46.5 Å². The van der Waals surface area contributed by atoms with Crippen molar-refractivity contribution in [1.29, 1.82) is 0 Å². The van der Waals surface area contributed by atoms with Gasteiger partial charge in [-0.3, -0.25) is 24.0 Å². The summed E-state index contributed by atoms with van der Waals surface area (Å²) in [7, 11) is 0. The van der Waals surface area contributed by atoms with Crippen LogP contribution in [0.25, 0.3) is 33.5 Å². The molecule has 0 amide bonds. The predicted octanol–water partition coefficient (Wildman–Crippen LogP) is 14.1. The van der Waals surface area contributed by atoms with Crippen molar-refractivity contribution in [2.75, 3.05) is 11.5 Å². The molecule has 0 bridgehead atoms. The summed E-state index contributed by atoms with van der Waals surface area (Å²) in [5.41, 5.74) is 14.8. The summed E-state index contributed by atoms with van der Waals surface area (Å²) in [5, 5.41) is 52.5. The first-order valence-corrected chi connectivity index (χ1v) is 29.6. The van der Waals surface area contributed by atoms with Crippen LogP contribution < -0.4 is 11.5 Å². The van der Waals surface area contributed by atoms with Crippen molar-refractivity contribution in [2.24, 2.45) is 0 Å². The van der Waals surface area contributed by atoms with Crippen molar-refractivity contribution in [2.45, 2.75) is 19.8 Å². The summed E-state index contributed by atoms with van der Waals surface area (Å²) in [6.07, 6.45) is 0.131. The molecule has 19 nitrogen and oxygen atoms in total. The minimum atomic E-state index is -1.62. The van der Waals surface area contributed by atoms with E-state index >= 15 is 0 Å². The van der Waals surface area contributed by atoms with Crippen LogP contribution >= 0.6 is 0 Å². The number of carboxylic acids is 4. The zero-order valence-electron chi connectivity index (χ0n) is 51.6. The van der Waals surface area contributed by atoms with E-state index in [2.05, 4.69) is 9.97 Å². The Morgan fingerprint density at radius 1 is 0.380 bits per heavy atom. The molecule has 0 aliphatic carbocycles. The molecule has 0 unspecified atom stereocenters. The molecular weight excluding hydrogens is 1390 g/mol. The Hall–Kier alpha value is -12.8. The number of fused-ring (bicyclic) bond motifs is 1. The third-order valence-electron chi connectivity index (χ3n) is 12.5. The molecule has 0 aliphatic rings. The van der Waals surface area contributed by atoms with Crippen LogP contribution in [-0.4, -0.2) is 96.7 Å². The number of carboxylic acid groups (broad SMARTS) is 4.